The van der Waals surface area contributed by atoms with Gasteiger partial charge in [-0.05, 0) is 30.2 Å². The zero-order valence-electron chi connectivity index (χ0n) is 16.0. The topological polar surface area (TPSA) is 77.2 Å². The van der Waals surface area contributed by atoms with Gasteiger partial charge >= 0.3 is 0 Å². The van der Waals surface area contributed by atoms with E-state index in [1.165, 1.54) is 0 Å². The van der Waals surface area contributed by atoms with Crippen molar-refractivity contribution in [3.8, 4) is 17.1 Å². The average Bonchev–Trinajstić information content (AvgIpc) is 3.21. The SMILES string of the molecule is CC[C@@H](C)[C@@H](NC(=O)c1ccccc1Cl)c1nc(-c2cccc(OC)c2)no1. The van der Waals surface area contributed by atoms with Crippen LogP contribution in [0.15, 0.2) is 53.1 Å². The molecule has 0 spiro atoms. The maximum atomic E-state index is 12.7. The molecule has 3 aromatic rings. The molecular weight excluding hydrogens is 378 g/mol. The Morgan fingerprint density at radius 1 is 1.25 bits per heavy atom. The van der Waals surface area contributed by atoms with Gasteiger partial charge in [-0.1, -0.05) is 61.3 Å². The van der Waals surface area contributed by atoms with Crippen LogP contribution in [-0.2, 0) is 0 Å². The average molecular weight is 400 g/mol. The number of carbonyl (C=O) groups excluding carboxylic acids is 1. The van der Waals surface area contributed by atoms with Crippen LogP contribution in [0.1, 0.15) is 42.6 Å². The van der Waals surface area contributed by atoms with E-state index in [1.54, 1.807) is 31.4 Å². The van der Waals surface area contributed by atoms with Gasteiger partial charge in [-0.25, -0.2) is 0 Å². The predicted octanol–water partition coefficient (Wildman–Crippen LogP) is 4.92. The monoisotopic (exact) mass is 399 g/mol. The van der Waals surface area contributed by atoms with E-state index < -0.39 is 6.04 Å². The van der Waals surface area contributed by atoms with Gasteiger partial charge in [0.05, 0.1) is 17.7 Å². The van der Waals surface area contributed by atoms with Crippen molar-refractivity contribution in [1.29, 1.82) is 0 Å². The maximum absolute atomic E-state index is 12.7. The first-order chi connectivity index (χ1) is 13.5. The Labute approximate surface area is 168 Å². The van der Waals surface area contributed by atoms with Crippen LogP contribution < -0.4 is 10.1 Å². The van der Waals surface area contributed by atoms with Crippen molar-refractivity contribution in [2.24, 2.45) is 5.92 Å². The second kappa shape index (κ2) is 8.89. The maximum Gasteiger partial charge on any atom is 0.253 e. The summed E-state index contributed by atoms with van der Waals surface area (Å²) in [5.41, 5.74) is 1.18. The molecule has 1 heterocycles. The second-order valence-corrected chi connectivity index (χ2v) is 6.91. The van der Waals surface area contributed by atoms with Crippen LogP contribution in [0.25, 0.3) is 11.4 Å². The van der Waals surface area contributed by atoms with Crippen LogP contribution in [0.3, 0.4) is 0 Å². The Balaban J connectivity index is 1.87. The lowest BCUT2D eigenvalue weighted by Crippen LogP contribution is -2.33. The molecule has 2 aromatic carbocycles. The second-order valence-electron chi connectivity index (χ2n) is 6.50. The van der Waals surface area contributed by atoms with Gasteiger partial charge in [0, 0.05) is 5.56 Å². The third-order valence-corrected chi connectivity index (χ3v) is 4.98. The largest absolute Gasteiger partial charge is 0.497 e. The molecule has 0 aliphatic carbocycles. The summed E-state index contributed by atoms with van der Waals surface area (Å²) in [6, 6.07) is 13.9. The highest BCUT2D eigenvalue weighted by Crippen LogP contribution is 2.28. The number of carbonyl (C=O) groups is 1. The fourth-order valence-electron chi connectivity index (χ4n) is 2.79. The van der Waals surface area contributed by atoms with Crippen molar-refractivity contribution in [3.63, 3.8) is 0 Å². The molecule has 2 atom stereocenters. The molecule has 1 aromatic heterocycles. The highest BCUT2D eigenvalue weighted by Gasteiger charge is 2.27. The van der Waals surface area contributed by atoms with Crippen LogP contribution >= 0.6 is 11.6 Å². The van der Waals surface area contributed by atoms with E-state index in [9.17, 15) is 4.79 Å². The number of methoxy groups -OCH3 is 1. The van der Waals surface area contributed by atoms with Gasteiger partial charge in [0.25, 0.3) is 5.91 Å². The number of benzene rings is 2. The fourth-order valence-corrected chi connectivity index (χ4v) is 3.01. The van der Waals surface area contributed by atoms with Crippen molar-refractivity contribution >= 4 is 17.5 Å². The molecule has 1 amide bonds. The van der Waals surface area contributed by atoms with E-state index in [0.29, 0.717) is 28.1 Å². The lowest BCUT2D eigenvalue weighted by Gasteiger charge is -2.21. The Morgan fingerprint density at radius 2 is 2.04 bits per heavy atom. The summed E-state index contributed by atoms with van der Waals surface area (Å²) in [7, 11) is 1.60. The van der Waals surface area contributed by atoms with Gasteiger partial charge in [0.1, 0.15) is 11.8 Å². The lowest BCUT2D eigenvalue weighted by atomic mass is 9.98. The van der Waals surface area contributed by atoms with Gasteiger partial charge in [0.2, 0.25) is 11.7 Å². The van der Waals surface area contributed by atoms with E-state index in [0.717, 1.165) is 12.0 Å². The Morgan fingerprint density at radius 3 is 2.75 bits per heavy atom. The molecule has 0 radical (unpaired) electrons. The first kappa shape index (κ1) is 19.9. The summed E-state index contributed by atoms with van der Waals surface area (Å²) < 4.78 is 10.7. The van der Waals surface area contributed by atoms with Gasteiger partial charge in [-0.3, -0.25) is 4.79 Å². The third kappa shape index (κ3) is 4.34. The Hall–Kier alpha value is -2.86. The van der Waals surface area contributed by atoms with Gasteiger partial charge in [-0.15, -0.1) is 0 Å². The number of hydrogen-bond donors (Lipinski definition) is 1. The first-order valence-corrected chi connectivity index (χ1v) is 9.44. The fraction of sp³-hybridized carbons (Fsp3) is 0.286. The van der Waals surface area contributed by atoms with Gasteiger partial charge in [-0.2, -0.15) is 4.98 Å². The van der Waals surface area contributed by atoms with Crippen molar-refractivity contribution in [2.45, 2.75) is 26.3 Å². The summed E-state index contributed by atoms with van der Waals surface area (Å²) >= 11 is 6.15. The van der Waals surface area contributed by atoms with E-state index in [-0.39, 0.29) is 11.8 Å². The molecule has 3 rings (SSSR count). The first-order valence-electron chi connectivity index (χ1n) is 9.07. The Bertz CT molecular complexity index is 957. The standard InChI is InChI=1S/C21H22ClN3O3/c1-4-13(2)18(23-20(26)16-10-5-6-11-17(16)22)21-24-19(25-28-21)14-8-7-9-15(12-14)27-3/h5-13,18H,4H2,1-3H3,(H,23,26)/t13-,18-/m1/s1. The van der Waals surface area contributed by atoms with Gasteiger partial charge in [0.15, 0.2) is 0 Å². The van der Waals surface area contributed by atoms with Crippen LogP contribution in [0.4, 0.5) is 0 Å². The minimum atomic E-state index is -0.430. The molecular formula is C21H22ClN3O3. The summed E-state index contributed by atoms with van der Waals surface area (Å²) in [5, 5.41) is 7.46. The van der Waals surface area contributed by atoms with Crippen LogP contribution in [-0.4, -0.2) is 23.2 Å². The molecule has 7 heteroatoms. The van der Waals surface area contributed by atoms with E-state index in [2.05, 4.69) is 15.5 Å². The van der Waals surface area contributed by atoms with E-state index >= 15 is 0 Å². The minimum Gasteiger partial charge on any atom is -0.497 e. The molecule has 0 unspecified atom stereocenters. The van der Waals surface area contributed by atoms with Crippen LogP contribution in [0.5, 0.6) is 5.75 Å². The highest BCUT2D eigenvalue weighted by atomic mass is 35.5. The molecule has 0 bridgehead atoms. The minimum absolute atomic E-state index is 0.0880. The summed E-state index contributed by atoms with van der Waals surface area (Å²) in [6.45, 7) is 4.06. The van der Waals surface area contributed by atoms with Crippen molar-refractivity contribution in [1.82, 2.24) is 15.5 Å². The smallest absolute Gasteiger partial charge is 0.253 e. The molecule has 0 aliphatic rings. The van der Waals surface area contributed by atoms with Crippen LogP contribution in [0.2, 0.25) is 5.02 Å². The summed E-state index contributed by atoms with van der Waals surface area (Å²) in [5.74, 6) is 1.30. The number of hydrogen-bond acceptors (Lipinski definition) is 5. The number of amides is 1. The predicted molar refractivity (Wildman–Crippen MR) is 107 cm³/mol. The highest BCUT2D eigenvalue weighted by molar-refractivity contribution is 6.33. The summed E-state index contributed by atoms with van der Waals surface area (Å²) in [4.78, 5) is 17.2. The van der Waals surface area contributed by atoms with Gasteiger partial charge < -0.3 is 14.6 Å². The number of aromatic nitrogens is 2. The number of halogens is 1. The number of nitrogens with zero attached hydrogens (tertiary/aromatic N) is 2. The molecule has 0 saturated carbocycles. The quantitative estimate of drug-likeness (QED) is 0.610. The van der Waals surface area contributed by atoms with Crippen molar-refractivity contribution in [2.75, 3.05) is 7.11 Å². The summed E-state index contributed by atoms with van der Waals surface area (Å²) in [6.07, 6.45) is 0.824. The van der Waals surface area contributed by atoms with E-state index in [4.69, 9.17) is 20.9 Å². The van der Waals surface area contributed by atoms with Crippen molar-refractivity contribution in [3.05, 3.63) is 65.0 Å². The van der Waals surface area contributed by atoms with Crippen molar-refractivity contribution < 1.29 is 14.1 Å². The third-order valence-electron chi connectivity index (χ3n) is 4.65. The molecule has 1 N–H and O–H groups in total. The number of rotatable bonds is 7. The number of ether oxygens (including phenoxy) is 1. The number of nitrogens with one attached hydrogen (secondary N) is 1. The zero-order chi connectivity index (χ0) is 20.1. The molecule has 0 fully saturated rings. The Kier molecular flexibility index (Phi) is 6.31. The lowest BCUT2D eigenvalue weighted by molar-refractivity contribution is 0.0910. The normalized spacial score (nSPS) is 13.0. The molecule has 0 aliphatic heterocycles. The van der Waals surface area contributed by atoms with E-state index in [1.807, 2.05) is 38.1 Å². The van der Waals surface area contributed by atoms with Crippen LogP contribution in [0, 0.1) is 5.92 Å². The molecule has 28 heavy (non-hydrogen) atoms. The molecule has 6 nitrogen and oxygen atoms in total. The zero-order valence-corrected chi connectivity index (χ0v) is 16.7. The molecule has 0 saturated heterocycles. The molecule has 146 valence electrons.